The quantitative estimate of drug-likeness (QED) is 0.596. The fraction of sp³-hybridized carbons (Fsp3) is 0.200. The summed E-state index contributed by atoms with van der Waals surface area (Å²) in [7, 11) is 0. The molecule has 3 aromatic rings. The molecule has 0 aromatic heterocycles. The number of carbonyl (C=O) groups is 2. The monoisotopic (exact) mass is 402 g/mol. The average molecular weight is 402 g/mol. The Labute approximate surface area is 175 Å². The van der Waals surface area contributed by atoms with Crippen molar-refractivity contribution in [1.29, 1.82) is 0 Å². The number of anilines is 2. The van der Waals surface area contributed by atoms with Crippen LogP contribution in [-0.4, -0.2) is 11.8 Å². The van der Waals surface area contributed by atoms with Gasteiger partial charge in [-0.15, -0.1) is 0 Å². The van der Waals surface area contributed by atoms with Crippen LogP contribution in [0.25, 0.3) is 0 Å². The minimum absolute atomic E-state index is 0.144. The van der Waals surface area contributed by atoms with E-state index in [1.807, 2.05) is 37.3 Å². The molecule has 5 heteroatoms. The van der Waals surface area contributed by atoms with E-state index in [1.54, 1.807) is 30.3 Å². The van der Waals surface area contributed by atoms with Crippen LogP contribution in [0, 0.1) is 12.7 Å². The van der Waals surface area contributed by atoms with Crippen molar-refractivity contribution in [2.75, 3.05) is 10.6 Å². The zero-order valence-electron chi connectivity index (χ0n) is 16.7. The van der Waals surface area contributed by atoms with Gasteiger partial charge in [-0.25, -0.2) is 4.39 Å². The molecule has 1 fully saturated rings. The fourth-order valence-electron chi connectivity index (χ4n) is 3.90. The average Bonchev–Trinajstić information content (AvgIpc) is 2.71. The molecule has 0 bridgehead atoms. The highest BCUT2D eigenvalue weighted by Crippen LogP contribution is 2.45. The van der Waals surface area contributed by atoms with E-state index >= 15 is 0 Å². The topological polar surface area (TPSA) is 58.2 Å². The molecule has 4 nitrogen and oxygen atoms in total. The van der Waals surface area contributed by atoms with Crippen LogP contribution in [0.2, 0.25) is 0 Å². The first-order chi connectivity index (χ1) is 14.5. The smallest absolute Gasteiger partial charge is 0.255 e. The lowest BCUT2D eigenvalue weighted by atomic mass is 9.63. The van der Waals surface area contributed by atoms with Crippen molar-refractivity contribution in [2.45, 2.75) is 31.6 Å². The van der Waals surface area contributed by atoms with Gasteiger partial charge in [0.25, 0.3) is 5.91 Å². The predicted octanol–water partition coefficient (Wildman–Crippen LogP) is 5.45. The van der Waals surface area contributed by atoms with Crippen molar-refractivity contribution in [1.82, 2.24) is 0 Å². The van der Waals surface area contributed by atoms with Crippen LogP contribution in [0.15, 0.2) is 72.8 Å². The summed E-state index contributed by atoms with van der Waals surface area (Å²) in [4.78, 5) is 25.7. The van der Waals surface area contributed by atoms with Crippen LogP contribution >= 0.6 is 0 Å². The molecule has 0 radical (unpaired) electrons. The molecule has 0 saturated heterocycles. The van der Waals surface area contributed by atoms with Crippen LogP contribution < -0.4 is 10.6 Å². The Hall–Kier alpha value is -3.47. The normalized spacial score (nSPS) is 14.5. The van der Waals surface area contributed by atoms with E-state index in [0.717, 1.165) is 12.0 Å². The van der Waals surface area contributed by atoms with Gasteiger partial charge in [0.05, 0.1) is 5.41 Å². The summed E-state index contributed by atoms with van der Waals surface area (Å²) in [5.74, 6) is -0.695. The maximum absolute atomic E-state index is 13.8. The van der Waals surface area contributed by atoms with Gasteiger partial charge in [0.1, 0.15) is 5.82 Å². The molecule has 3 aromatic carbocycles. The van der Waals surface area contributed by atoms with E-state index in [4.69, 9.17) is 0 Å². The Morgan fingerprint density at radius 3 is 2.17 bits per heavy atom. The van der Waals surface area contributed by atoms with Gasteiger partial charge in [-0.1, -0.05) is 42.8 Å². The molecular weight excluding hydrogens is 379 g/mol. The zero-order chi connectivity index (χ0) is 21.1. The molecule has 1 saturated carbocycles. The molecule has 152 valence electrons. The fourth-order valence-corrected chi connectivity index (χ4v) is 3.90. The Morgan fingerprint density at radius 1 is 0.867 bits per heavy atom. The third-order valence-electron chi connectivity index (χ3n) is 5.89. The molecule has 0 spiro atoms. The maximum Gasteiger partial charge on any atom is 0.255 e. The van der Waals surface area contributed by atoms with Crippen LogP contribution in [0.1, 0.15) is 40.7 Å². The van der Waals surface area contributed by atoms with Crippen molar-refractivity contribution in [3.63, 3.8) is 0 Å². The van der Waals surface area contributed by atoms with Gasteiger partial charge in [0.2, 0.25) is 5.91 Å². The number of amides is 2. The summed E-state index contributed by atoms with van der Waals surface area (Å²) in [6.07, 6.45) is 2.30. The molecule has 30 heavy (non-hydrogen) atoms. The number of hydrogen-bond acceptors (Lipinski definition) is 2. The molecule has 2 N–H and O–H groups in total. The number of hydrogen-bond donors (Lipinski definition) is 2. The van der Waals surface area contributed by atoms with E-state index in [0.29, 0.717) is 35.3 Å². The van der Waals surface area contributed by atoms with Crippen molar-refractivity contribution < 1.29 is 14.0 Å². The molecule has 2 amide bonds. The summed E-state index contributed by atoms with van der Waals surface area (Å²) in [5, 5.41) is 5.92. The largest absolute Gasteiger partial charge is 0.325 e. The van der Waals surface area contributed by atoms with Gasteiger partial charge in [0, 0.05) is 16.9 Å². The van der Waals surface area contributed by atoms with Crippen LogP contribution in [0.4, 0.5) is 15.8 Å². The second kappa shape index (κ2) is 8.11. The van der Waals surface area contributed by atoms with Gasteiger partial charge in [0.15, 0.2) is 0 Å². The van der Waals surface area contributed by atoms with E-state index < -0.39 is 5.41 Å². The van der Waals surface area contributed by atoms with Crippen molar-refractivity contribution in [2.24, 2.45) is 0 Å². The van der Waals surface area contributed by atoms with Crippen LogP contribution in [0.5, 0.6) is 0 Å². The molecule has 0 unspecified atom stereocenters. The molecule has 4 rings (SSSR count). The van der Waals surface area contributed by atoms with E-state index in [-0.39, 0.29) is 17.6 Å². The number of benzene rings is 3. The van der Waals surface area contributed by atoms with Crippen molar-refractivity contribution >= 4 is 23.2 Å². The van der Waals surface area contributed by atoms with Gasteiger partial charge in [-0.3, -0.25) is 9.59 Å². The number of carbonyl (C=O) groups excluding carboxylic acids is 2. The standard InChI is InChI=1S/C25H23FN2O2/c1-17-21(27-23(29)18-8-3-2-4-9-18)12-6-13-22(17)28-24(30)25(14-7-15-25)19-10-5-11-20(26)16-19/h2-6,8-13,16H,7,14-15H2,1H3,(H,27,29)(H,28,30). The minimum atomic E-state index is -0.710. The maximum atomic E-state index is 13.8. The zero-order valence-corrected chi connectivity index (χ0v) is 16.7. The molecule has 0 atom stereocenters. The summed E-state index contributed by atoms with van der Waals surface area (Å²) >= 11 is 0. The SMILES string of the molecule is Cc1c(NC(=O)c2ccccc2)cccc1NC(=O)C1(c2cccc(F)c2)CCC1. The first-order valence-corrected chi connectivity index (χ1v) is 10.0. The summed E-state index contributed by atoms with van der Waals surface area (Å²) in [5.41, 5.74) is 2.59. The Kier molecular flexibility index (Phi) is 5.36. The molecule has 0 heterocycles. The van der Waals surface area contributed by atoms with E-state index in [2.05, 4.69) is 10.6 Å². The molecular formula is C25H23FN2O2. The highest BCUT2D eigenvalue weighted by atomic mass is 19.1. The van der Waals surface area contributed by atoms with E-state index in [1.165, 1.54) is 12.1 Å². The summed E-state index contributed by atoms with van der Waals surface area (Å²) in [6.45, 7) is 1.85. The third kappa shape index (κ3) is 3.71. The van der Waals surface area contributed by atoms with Gasteiger partial charge >= 0.3 is 0 Å². The number of halogens is 1. The Bertz CT molecular complexity index is 1090. The molecule has 1 aliphatic rings. The second-order valence-electron chi connectivity index (χ2n) is 7.70. The second-order valence-corrected chi connectivity index (χ2v) is 7.70. The summed E-state index contributed by atoms with van der Waals surface area (Å²) in [6, 6.07) is 20.6. The third-order valence-corrected chi connectivity index (χ3v) is 5.89. The number of rotatable bonds is 5. The lowest BCUT2D eigenvalue weighted by Gasteiger charge is -2.40. The predicted molar refractivity (Wildman–Crippen MR) is 116 cm³/mol. The van der Waals surface area contributed by atoms with Gasteiger partial charge < -0.3 is 10.6 Å². The number of nitrogens with one attached hydrogen (secondary N) is 2. The Balaban J connectivity index is 1.56. The van der Waals surface area contributed by atoms with Crippen molar-refractivity contribution in [3.05, 3.63) is 95.3 Å². The van der Waals surface area contributed by atoms with Crippen molar-refractivity contribution in [3.8, 4) is 0 Å². The van der Waals surface area contributed by atoms with Crippen LogP contribution in [0.3, 0.4) is 0 Å². The first kappa shape index (κ1) is 19.8. The molecule has 1 aliphatic carbocycles. The molecule has 0 aliphatic heterocycles. The van der Waals surface area contributed by atoms with Gasteiger partial charge in [-0.2, -0.15) is 0 Å². The van der Waals surface area contributed by atoms with Crippen LogP contribution in [-0.2, 0) is 10.2 Å². The Morgan fingerprint density at radius 2 is 1.53 bits per heavy atom. The highest BCUT2D eigenvalue weighted by Gasteiger charge is 2.45. The van der Waals surface area contributed by atoms with Gasteiger partial charge in [-0.05, 0) is 67.3 Å². The minimum Gasteiger partial charge on any atom is -0.325 e. The van der Waals surface area contributed by atoms with E-state index in [9.17, 15) is 14.0 Å². The highest BCUT2D eigenvalue weighted by molar-refractivity contribution is 6.06. The lowest BCUT2D eigenvalue weighted by molar-refractivity contribution is -0.124. The lowest BCUT2D eigenvalue weighted by Crippen LogP contribution is -2.46. The summed E-state index contributed by atoms with van der Waals surface area (Å²) < 4.78 is 13.8. The first-order valence-electron chi connectivity index (χ1n) is 10.0.